The van der Waals surface area contributed by atoms with Crippen LogP contribution in [-0.4, -0.2) is 35.8 Å². The van der Waals surface area contributed by atoms with Crippen molar-refractivity contribution in [3.63, 3.8) is 0 Å². The van der Waals surface area contributed by atoms with Gasteiger partial charge >= 0.3 is 5.97 Å². The number of hydrogen-bond donors (Lipinski definition) is 1. The van der Waals surface area contributed by atoms with Gasteiger partial charge in [0, 0.05) is 25.1 Å². The Labute approximate surface area is 168 Å². The third kappa shape index (κ3) is 5.19. The van der Waals surface area contributed by atoms with E-state index in [9.17, 15) is 18.8 Å². The average molecular weight is 398 g/mol. The monoisotopic (exact) mass is 398 g/mol. The average Bonchev–Trinajstić information content (AvgIpc) is 3.13. The van der Waals surface area contributed by atoms with Crippen molar-refractivity contribution in [2.45, 2.75) is 25.9 Å². The number of hydrogen-bond acceptors (Lipinski definition) is 4. The minimum absolute atomic E-state index is 0.00728. The third-order valence-electron chi connectivity index (χ3n) is 5.02. The molecular weight excluding hydrogens is 375 g/mol. The van der Waals surface area contributed by atoms with Crippen LogP contribution < -0.4 is 5.32 Å². The zero-order chi connectivity index (χ0) is 20.8. The van der Waals surface area contributed by atoms with E-state index in [1.165, 1.54) is 6.07 Å². The van der Waals surface area contributed by atoms with Gasteiger partial charge in [-0.2, -0.15) is 0 Å². The predicted molar refractivity (Wildman–Crippen MR) is 104 cm³/mol. The van der Waals surface area contributed by atoms with Gasteiger partial charge in [0.25, 0.3) is 5.91 Å². The normalized spacial score (nSPS) is 17.1. The molecule has 29 heavy (non-hydrogen) atoms. The summed E-state index contributed by atoms with van der Waals surface area (Å²) in [5.74, 6) is -2.25. The molecule has 0 spiro atoms. The Morgan fingerprint density at radius 3 is 2.59 bits per heavy atom. The van der Waals surface area contributed by atoms with Gasteiger partial charge < -0.3 is 15.0 Å². The highest BCUT2D eigenvalue weighted by atomic mass is 19.1. The molecule has 0 aliphatic carbocycles. The van der Waals surface area contributed by atoms with Crippen molar-refractivity contribution in [3.05, 3.63) is 71.5 Å². The van der Waals surface area contributed by atoms with Crippen molar-refractivity contribution in [3.8, 4) is 0 Å². The Bertz CT molecular complexity index is 887. The molecule has 7 heteroatoms. The number of nitrogens with one attached hydrogen (secondary N) is 1. The highest BCUT2D eigenvalue weighted by Crippen LogP contribution is 2.28. The number of amides is 2. The maximum Gasteiger partial charge on any atom is 0.311 e. The summed E-state index contributed by atoms with van der Waals surface area (Å²) in [6, 6.07) is 15.5. The molecule has 2 amide bonds. The molecule has 0 unspecified atom stereocenters. The fourth-order valence-electron chi connectivity index (χ4n) is 3.32. The molecule has 0 saturated carbocycles. The smallest absolute Gasteiger partial charge is 0.311 e. The molecule has 1 heterocycles. The lowest BCUT2D eigenvalue weighted by Gasteiger charge is -2.25. The summed E-state index contributed by atoms with van der Waals surface area (Å²) in [7, 11) is 0. The summed E-state index contributed by atoms with van der Waals surface area (Å²) in [5.41, 5.74) is 1.33. The van der Waals surface area contributed by atoms with Gasteiger partial charge in [0.05, 0.1) is 12.0 Å². The van der Waals surface area contributed by atoms with Gasteiger partial charge in [-0.05, 0) is 18.6 Å². The zero-order valence-electron chi connectivity index (χ0n) is 16.1. The molecule has 1 aliphatic rings. The van der Waals surface area contributed by atoms with E-state index >= 15 is 0 Å². The molecule has 2 aromatic rings. The minimum Gasteiger partial charge on any atom is -0.455 e. The van der Waals surface area contributed by atoms with E-state index in [1.807, 2.05) is 37.3 Å². The lowest BCUT2D eigenvalue weighted by molar-refractivity contribution is -0.152. The van der Waals surface area contributed by atoms with Crippen LogP contribution in [0.25, 0.3) is 0 Å². The number of rotatable bonds is 7. The number of likely N-dealkylation sites (tertiary alicyclic amines) is 1. The number of esters is 1. The Morgan fingerprint density at radius 2 is 1.86 bits per heavy atom. The topological polar surface area (TPSA) is 75.7 Å². The van der Waals surface area contributed by atoms with Gasteiger partial charge in [-0.25, -0.2) is 4.39 Å². The Morgan fingerprint density at radius 1 is 1.17 bits per heavy atom. The van der Waals surface area contributed by atoms with Gasteiger partial charge in [-0.15, -0.1) is 0 Å². The van der Waals surface area contributed by atoms with Crippen molar-refractivity contribution in [1.82, 2.24) is 10.2 Å². The molecule has 152 valence electrons. The van der Waals surface area contributed by atoms with E-state index in [0.29, 0.717) is 5.56 Å². The van der Waals surface area contributed by atoms with Crippen LogP contribution in [-0.2, 0) is 25.7 Å². The van der Waals surface area contributed by atoms with Crippen LogP contribution in [0.2, 0.25) is 0 Å². The fourth-order valence-corrected chi connectivity index (χ4v) is 3.32. The van der Waals surface area contributed by atoms with Crippen LogP contribution >= 0.6 is 0 Å². The van der Waals surface area contributed by atoms with Gasteiger partial charge in [-0.3, -0.25) is 14.4 Å². The van der Waals surface area contributed by atoms with Crippen molar-refractivity contribution >= 4 is 17.8 Å². The van der Waals surface area contributed by atoms with E-state index in [1.54, 1.807) is 23.1 Å². The third-order valence-corrected chi connectivity index (χ3v) is 5.02. The quantitative estimate of drug-likeness (QED) is 0.728. The van der Waals surface area contributed by atoms with Crippen molar-refractivity contribution in [2.75, 3.05) is 13.2 Å². The summed E-state index contributed by atoms with van der Waals surface area (Å²) in [6.45, 7) is 1.71. The number of carbonyl (C=O) groups excluding carboxylic acids is 3. The van der Waals surface area contributed by atoms with E-state index in [0.717, 1.165) is 5.56 Å². The molecule has 6 nitrogen and oxygen atoms in total. The van der Waals surface area contributed by atoms with Gasteiger partial charge in [0.1, 0.15) is 5.82 Å². The van der Waals surface area contributed by atoms with Crippen molar-refractivity contribution < 1.29 is 23.5 Å². The van der Waals surface area contributed by atoms with Crippen LogP contribution in [0.15, 0.2) is 54.6 Å². The van der Waals surface area contributed by atoms with Crippen molar-refractivity contribution in [1.29, 1.82) is 0 Å². The van der Waals surface area contributed by atoms with Crippen LogP contribution in [0.1, 0.15) is 30.5 Å². The molecule has 0 radical (unpaired) electrons. The molecule has 0 aromatic heterocycles. The largest absolute Gasteiger partial charge is 0.455 e. The summed E-state index contributed by atoms with van der Waals surface area (Å²) < 4.78 is 18.6. The van der Waals surface area contributed by atoms with E-state index in [-0.39, 0.29) is 31.5 Å². The maximum absolute atomic E-state index is 13.5. The number of ether oxygens (including phenoxy) is 1. The fraction of sp³-hybridized carbons (Fsp3) is 0.318. The Kier molecular flexibility index (Phi) is 6.59. The molecular formula is C22H23FN2O4. The van der Waals surface area contributed by atoms with Gasteiger partial charge in [-0.1, -0.05) is 48.5 Å². The highest BCUT2D eigenvalue weighted by molar-refractivity contribution is 5.88. The number of carbonyl (C=O) groups is 3. The van der Waals surface area contributed by atoms with Gasteiger partial charge in [0.15, 0.2) is 6.61 Å². The molecule has 0 bridgehead atoms. The summed E-state index contributed by atoms with van der Waals surface area (Å²) >= 11 is 0. The van der Waals surface area contributed by atoms with Crippen LogP contribution in [0.3, 0.4) is 0 Å². The first-order valence-electron chi connectivity index (χ1n) is 9.47. The van der Waals surface area contributed by atoms with Crippen LogP contribution in [0.4, 0.5) is 4.39 Å². The summed E-state index contributed by atoms with van der Waals surface area (Å²) in [4.78, 5) is 38.2. The Hall–Kier alpha value is -3.22. The van der Waals surface area contributed by atoms with Crippen molar-refractivity contribution in [2.24, 2.45) is 5.92 Å². The second kappa shape index (κ2) is 9.32. The second-order valence-corrected chi connectivity index (χ2v) is 7.01. The van der Waals surface area contributed by atoms with Crippen LogP contribution in [0, 0.1) is 11.7 Å². The first-order chi connectivity index (χ1) is 14.0. The summed E-state index contributed by atoms with van der Waals surface area (Å²) in [6.07, 6.45) is 0.0624. The Balaban J connectivity index is 1.47. The first kappa shape index (κ1) is 20.5. The lowest BCUT2D eigenvalue weighted by Crippen LogP contribution is -2.32. The van der Waals surface area contributed by atoms with E-state index < -0.39 is 30.2 Å². The molecule has 1 aliphatic heterocycles. The molecule has 1 saturated heterocycles. The van der Waals surface area contributed by atoms with E-state index in [2.05, 4.69) is 5.32 Å². The molecule has 2 atom stereocenters. The SMILES string of the molecule is C[C@@H](c1ccccc1)N1C[C@H](C(=O)OCC(=O)NCc2ccccc2F)CC1=O. The number of halogens is 1. The van der Waals surface area contributed by atoms with Gasteiger partial charge in [0.2, 0.25) is 5.91 Å². The first-order valence-corrected chi connectivity index (χ1v) is 9.47. The minimum atomic E-state index is -0.604. The lowest BCUT2D eigenvalue weighted by atomic mass is 10.1. The number of nitrogens with zero attached hydrogens (tertiary/aromatic N) is 1. The standard InChI is InChI=1S/C22H23FN2O4/c1-15(16-7-3-2-4-8-16)25-13-18(11-21(25)27)22(28)29-14-20(26)24-12-17-9-5-6-10-19(17)23/h2-10,15,18H,11-14H2,1H3,(H,24,26)/t15-,18+/m0/s1. The highest BCUT2D eigenvalue weighted by Gasteiger charge is 2.38. The maximum atomic E-state index is 13.5. The molecule has 2 aromatic carbocycles. The summed E-state index contributed by atoms with van der Waals surface area (Å²) in [5, 5.41) is 2.51. The number of benzene rings is 2. The predicted octanol–water partition coefficient (Wildman–Crippen LogP) is 2.59. The zero-order valence-corrected chi connectivity index (χ0v) is 16.1. The van der Waals surface area contributed by atoms with Crippen LogP contribution in [0.5, 0.6) is 0 Å². The second-order valence-electron chi connectivity index (χ2n) is 7.01. The molecule has 1 fully saturated rings. The molecule has 3 rings (SSSR count). The van der Waals surface area contributed by atoms with E-state index in [4.69, 9.17) is 4.74 Å². The molecule has 1 N–H and O–H groups in total.